The van der Waals surface area contributed by atoms with E-state index in [1.54, 1.807) is 30.3 Å². The molecule has 0 aliphatic carbocycles. The molecule has 1 atom stereocenters. The Balaban J connectivity index is 1.76. The maximum absolute atomic E-state index is 12.3. The Hall–Kier alpha value is -1.57. The van der Waals surface area contributed by atoms with Crippen molar-refractivity contribution in [1.29, 1.82) is 0 Å². The molecule has 116 valence electrons. The van der Waals surface area contributed by atoms with Crippen LogP contribution in [0.3, 0.4) is 0 Å². The van der Waals surface area contributed by atoms with E-state index in [0.717, 1.165) is 0 Å². The van der Waals surface area contributed by atoms with E-state index in [0.29, 0.717) is 29.1 Å². The third kappa shape index (κ3) is 3.79. The van der Waals surface area contributed by atoms with Crippen LogP contribution in [-0.2, 0) is 14.8 Å². The number of benzene rings is 2. The van der Waals surface area contributed by atoms with Crippen molar-refractivity contribution >= 4 is 31.6 Å². The van der Waals surface area contributed by atoms with Gasteiger partial charge in [0.05, 0.1) is 16.0 Å². The normalized spacial score (nSPS) is 17.0. The van der Waals surface area contributed by atoms with Crippen molar-refractivity contribution in [1.82, 2.24) is 0 Å². The summed E-state index contributed by atoms with van der Waals surface area (Å²) >= 11 is 3.34. The zero-order valence-electron chi connectivity index (χ0n) is 11.5. The van der Waals surface area contributed by atoms with Crippen LogP contribution in [0.5, 0.6) is 5.75 Å². The number of rotatable bonds is 6. The highest BCUT2D eigenvalue weighted by Gasteiger charge is 2.24. The van der Waals surface area contributed by atoms with Crippen molar-refractivity contribution in [3.63, 3.8) is 0 Å². The van der Waals surface area contributed by atoms with Crippen LogP contribution < -0.4 is 9.46 Å². The number of hydrogen-bond donors (Lipinski definition) is 1. The van der Waals surface area contributed by atoms with Crippen LogP contribution in [0.4, 0.5) is 5.69 Å². The molecule has 1 unspecified atom stereocenters. The molecule has 0 amide bonds. The fourth-order valence-corrected chi connectivity index (χ4v) is 3.56. The number of anilines is 1. The molecule has 22 heavy (non-hydrogen) atoms. The number of epoxide rings is 1. The van der Waals surface area contributed by atoms with E-state index >= 15 is 0 Å². The van der Waals surface area contributed by atoms with E-state index in [1.807, 2.05) is 6.07 Å². The first-order chi connectivity index (χ1) is 10.5. The highest BCUT2D eigenvalue weighted by molar-refractivity contribution is 9.10. The topological polar surface area (TPSA) is 67.9 Å². The maximum Gasteiger partial charge on any atom is 0.261 e. The molecule has 1 aliphatic heterocycles. The Morgan fingerprint density at radius 2 is 1.95 bits per heavy atom. The quantitative estimate of drug-likeness (QED) is 0.778. The van der Waals surface area contributed by atoms with Crippen molar-refractivity contribution < 1.29 is 17.9 Å². The van der Waals surface area contributed by atoms with E-state index in [4.69, 9.17) is 9.47 Å². The molecule has 1 heterocycles. The minimum absolute atomic E-state index is 0.148. The van der Waals surface area contributed by atoms with Crippen molar-refractivity contribution in [2.75, 3.05) is 17.9 Å². The van der Waals surface area contributed by atoms with Gasteiger partial charge in [0, 0.05) is 5.69 Å². The highest BCUT2D eigenvalue weighted by atomic mass is 79.9. The van der Waals surface area contributed by atoms with Crippen LogP contribution >= 0.6 is 15.9 Å². The van der Waals surface area contributed by atoms with Crippen molar-refractivity contribution in [3.8, 4) is 5.75 Å². The first kappa shape index (κ1) is 15.3. The molecule has 1 aliphatic rings. The van der Waals surface area contributed by atoms with E-state index in [2.05, 4.69) is 20.7 Å². The van der Waals surface area contributed by atoms with Crippen molar-refractivity contribution in [2.24, 2.45) is 0 Å². The van der Waals surface area contributed by atoms with Gasteiger partial charge in [0.1, 0.15) is 18.5 Å². The van der Waals surface area contributed by atoms with Gasteiger partial charge in [-0.3, -0.25) is 4.72 Å². The van der Waals surface area contributed by atoms with Gasteiger partial charge in [0.15, 0.2) is 0 Å². The van der Waals surface area contributed by atoms with Crippen LogP contribution in [0.25, 0.3) is 0 Å². The fourth-order valence-electron chi connectivity index (χ4n) is 1.83. The lowest BCUT2D eigenvalue weighted by molar-refractivity contribution is 0.261. The van der Waals surface area contributed by atoms with Gasteiger partial charge >= 0.3 is 0 Å². The Morgan fingerprint density at radius 1 is 1.23 bits per heavy atom. The summed E-state index contributed by atoms with van der Waals surface area (Å²) in [6, 6.07) is 13.4. The molecule has 3 rings (SSSR count). The summed E-state index contributed by atoms with van der Waals surface area (Å²) in [5.41, 5.74) is 0.518. The number of para-hydroxylation sites is 1. The second-order valence-electron chi connectivity index (χ2n) is 4.83. The van der Waals surface area contributed by atoms with Gasteiger partial charge < -0.3 is 9.47 Å². The van der Waals surface area contributed by atoms with E-state index < -0.39 is 10.0 Å². The average Bonchev–Trinajstić information content (AvgIpc) is 3.31. The SMILES string of the molecule is O=S(=O)(Nc1ccccc1)c1ccc(OCC2CO2)c(Br)c1. The third-order valence-corrected chi connectivity index (χ3v) is 5.07. The lowest BCUT2D eigenvalue weighted by atomic mass is 10.3. The number of nitrogens with one attached hydrogen (secondary N) is 1. The zero-order valence-corrected chi connectivity index (χ0v) is 13.9. The first-order valence-corrected chi connectivity index (χ1v) is 8.94. The predicted octanol–water partition coefficient (Wildman–Crippen LogP) is 3.03. The van der Waals surface area contributed by atoms with Gasteiger partial charge in [-0.25, -0.2) is 8.42 Å². The van der Waals surface area contributed by atoms with Gasteiger partial charge in [-0.1, -0.05) is 18.2 Å². The lowest BCUT2D eigenvalue weighted by Gasteiger charge is -2.11. The molecule has 7 heteroatoms. The van der Waals surface area contributed by atoms with Crippen LogP contribution in [0.15, 0.2) is 57.9 Å². The van der Waals surface area contributed by atoms with Gasteiger partial charge in [-0.2, -0.15) is 0 Å². The molecule has 0 saturated carbocycles. The molecule has 5 nitrogen and oxygen atoms in total. The molecule has 1 N–H and O–H groups in total. The highest BCUT2D eigenvalue weighted by Crippen LogP contribution is 2.29. The standard InChI is InChI=1S/C15H14BrNO4S/c16-14-8-13(6-7-15(14)21-10-12-9-20-12)22(18,19)17-11-4-2-1-3-5-11/h1-8,12,17H,9-10H2. The largest absolute Gasteiger partial charge is 0.490 e. The molecular weight excluding hydrogens is 370 g/mol. The van der Waals surface area contributed by atoms with Gasteiger partial charge in [-0.15, -0.1) is 0 Å². The third-order valence-electron chi connectivity index (χ3n) is 3.07. The van der Waals surface area contributed by atoms with E-state index in [9.17, 15) is 8.42 Å². The molecule has 0 aromatic heterocycles. The number of hydrogen-bond acceptors (Lipinski definition) is 4. The fraction of sp³-hybridized carbons (Fsp3) is 0.200. The number of halogens is 1. The van der Waals surface area contributed by atoms with E-state index in [1.165, 1.54) is 12.1 Å². The summed E-state index contributed by atoms with van der Waals surface area (Å²) in [7, 11) is -3.63. The predicted molar refractivity (Wildman–Crippen MR) is 86.6 cm³/mol. The van der Waals surface area contributed by atoms with Gasteiger partial charge in [0.25, 0.3) is 10.0 Å². The molecule has 1 fully saturated rings. The minimum atomic E-state index is -3.63. The zero-order chi connectivity index (χ0) is 15.6. The molecule has 0 spiro atoms. The Bertz CT molecular complexity index is 760. The van der Waals surface area contributed by atoms with Crippen LogP contribution in [-0.4, -0.2) is 27.7 Å². The molecule has 1 saturated heterocycles. The second kappa shape index (κ2) is 6.28. The van der Waals surface area contributed by atoms with E-state index in [-0.39, 0.29) is 11.0 Å². The van der Waals surface area contributed by atoms with Crippen molar-refractivity contribution in [2.45, 2.75) is 11.0 Å². The maximum atomic E-state index is 12.3. The second-order valence-corrected chi connectivity index (χ2v) is 7.37. The summed E-state index contributed by atoms with van der Waals surface area (Å²) in [5.74, 6) is 0.592. The van der Waals surface area contributed by atoms with Crippen LogP contribution in [0, 0.1) is 0 Å². The Morgan fingerprint density at radius 3 is 2.59 bits per heavy atom. The molecule has 2 aromatic carbocycles. The Labute approximate surface area is 137 Å². The summed E-state index contributed by atoms with van der Waals surface area (Å²) in [4.78, 5) is 0.165. The van der Waals surface area contributed by atoms with Gasteiger partial charge in [0.2, 0.25) is 0 Å². The molecule has 0 bridgehead atoms. The average molecular weight is 384 g/mol. The van der Waals surface area contributed by atoms with Crippen molar-refractivity contribution in [3.05, 3.63) is 53.0 Å². The number of sulfonamides is 1. The molecule has 2 aromatic rings. The molecule has 0 radical (unpaired) electrons. The summed E-state index contributed by atoms with van der Waals surface area (Å²) in [6.45, 7) is 1.18. The first-order valence-electron chi connectivity index (χ1n) is 6.66. The smallest absolute Gasteiger partial charge is 0.261 e. The minimum Gasteiger partial charge on any atom is -0.490 e. The monoisotopic (exact) mass is 383 g/mol. The summed E-state index contributed by atoms with van der Waals surface area (Å²) < 4.78 is 38.4. The summed E-state index contributed by atoms with van der Waals surface area (Å²) in [5, 5.41) is 0. The lowest BCUT2D eigenvalue weighted by Crippen LogP contribution is -2.13. The summed E-state index contributed by atoms with van der Waals surface area (Å²) in [6.07, 6.45) is 0.148. The van der Waals surface area contributed by atoms with Gasteiger partial charge in [-0.05, 0) is 46.3 Å². The van der Waals surface area contributed by atoms with Crippen LogP contribution in [0.1, 0.15) is 0 Å². The Kier molecular flexibility index (Phi) is 4.37. The molecular formula is C15H14BrNO4S. The number of ether oxygens (including phenoxy) is 2. The van der Waals surface area contributed by atoms with Crippen LogP contribution in [0.2, 0.25) is 0 Å².